The molecule has 0 aromatic heterocycles. The Labute approximate surface area is 88.7 Å². The minimum Gasteiger partial charge on any atom is -0.507 e. The highest BCUT2D eigenvalue weighted by molar-refractivity contribution is 5.93. The van der Waals surface area contributed by atoms with E-state index in [4.69, 9.17) is 5.11 Å². The molecule has 0 radical (unpaired) electrons. The van der Waals surface area contributed by atoms with Crippen LogP contribution in [0.2, 0.25) is 0 Å². The predicted octanol–water partition coefficient (Wildman–Crippen LogP) is 1.75. The summed E-state index contributed by atoms with van der Waals surface area (Å²) < 4.78 is 0. The zero-order valence-corrected chi connectivity index (χ0v) is 8.39. The summed E-state index contributed by atoms with van der Waals surface area (Å²) in [5.74, 6) is 0.107. The van der Waals surface area contributed by atoms with E-state index in [1.807, 2.05) is 0 Å². The van der Waals surface area contributed by atoms with Gasteiger partial charge in [-0.25, -0.2) is 0 Å². The minimum atomic E-state index is -0.0488. The van der Waals surface area contributed by atoms with Crippen LogP contribution in [0.3, 0.4) is 0 Å². The molecule has 0 atom stereocenters. The first-order chi connectivity index (χ1) is 7.24. The van der Waals surface area contributed by atoms with Gasteiger partial charge in [0.2, 0.25) is 0 Å². The lowest BCUT2D eigenvalue weighted by Gasteiger charge is -1.96. The van der Waals surface area contributed by atoms with Crippen LogP contribution in [0.15, 0.2) is 30.3 Å². The molecule has 2 N–H and O–H groups in total. The Bertz CT molecular complexity index is 356. The Hall–Kier alpha value is -1.61. The minimum absolute atomic E-state index is 0.0240. The van der Waals surface area contributed by atoms with Crippen LogP contribution in [0, 0.1) is 0 Å². The fourth-order valence-corrected chi connectivity index (χ4v) is 1.15. The Balaban J connectivity index is 2.58. The van der Waals surface area contributed by atoms with Crippen molar-refractivity contribution in [3.05, 3.63) is 35.9 Å². The van der Waals surface area contributed by atoms with Crippen molar-refractivity contribution >= 4 is 11.9 Å². The molecule has 3 heteroatoms. The van der Waals surface area contributed by atoms with Gasteiger partial charge in [0.25, 0.3) is 0 Å². The number of hydrogen-bond donors (Lipinski definition) is 2. The summed E-state index contributed by atoms with van der Waals surface area (Å²) in [5, 5.41) is 17.9. The van der Waals surface area contributed by atoms with Crippen LogP contribution in [0.25, 0.3) is 6.08 Å². The SMILES string of the molecule is O=C(/C=C\c1ccccc1O)CCCO. The fourth-order valence-electron chi connectivity index (χ4n) is 1.15. The zero-order chi connectivity index (χ0) is 11.1. The van der Waals surface area contributed by atoms with Crippen molar-refractivity contribution in [1.82, 2.24) is 0 Å². The van der Waals surface area contributed by atoms with E-state index in [1.54, 1.807) is 30.3 Å². The van der Waals surface area contributed by atoms with Gasteiger partial charge in [-0.1, -0.05) is 18.2 Å². The molecule has 3 nitrogen and oxygen atoms in total. The number of aliphatic hydroxyl groups is 1. The Morgan fingerprint density at radius 1 is 1.33 bits per heavy atom. The number of hydrogen-bond acceptors (Lipinski definition) is 3. The molecule has 0 aliphatic carbocycles. The van der Waals surface area contributed by atoms with Crippen LogP contribution in [-0.4, -0.2) is 22.6 Å². The molecular formula is C12H14O3. The quantitative estimate of drug-likeness (QED) is 0.721. The van der Waals surface area contributed by atoms with E-state index in [0.29, 0.717) is 18.4 Å². The lowest BCUT2D eigenvalue weighted by molar-refractivity contribution is -0.114. The standard InChI is InChI=1S/C12H14O3/c13-9-3-5-11(14)8-7-10-4-1-2-6-12(10)15/h1-2,4,6-8,13,15H,3,5,9H2/b8-7-. The molecule has 80 valence electrons. The summed E-state index contributed by atoms with van der Waals surface area (Å²) >= 11 is 0. The van der Waals surface area contributed by atoms with Gasteiger partial charge in [-0.2, -0.15) is 0 Å². The second kappa shape index (κ2) is 5.98. The Kier molecular flexibility index (Phi) is 4.57. The highest BCUT2D eigenvalue weighted by Gasteiger charge is 1.97. The first-order valence-electron chi connectivity index (χ1n) is 4.84. The lowest BCUT2D eigenvalue weighted by atomic mass is 10.1. The summed E-state index contributed by atoms with van der Waals surface area (Å²) in [6.45, 7) is 0.0240. The molecule has 0 saturated heterocycles. The average molecular weight is 206 g/mol. The molecule has 0 saturated carbocycles. The fraction of sp³-hybridized carbons (Fsp3) is 0.250. The topological polar surface area (TPSA) is 57.5 Å². The molecule has 1 rings (SSSR count). The van der Waals surface area contributed by atoms with Gasteiger partial charge in [0.05, 0.1) is 0 Å². The van der Waals surface area contributed by atoms with Gasteiger partial charge in [0, 0.05) is 18.6 Å². The number of rotatable bonds is 5. The number of aromatic hydroxyl groups is 1. The van der Waals surface area contributed by atoms with Crippen LogP contribution in [-0.2, 0) is 4.79 Å². The van der Waals surface area contributed by atoms with E-state index < -0.39 is 0 Å². The van der Waals surface area contributed by atoms with E-state index in [-0.39, 0.29) is 18.1 Å². The largest absolute Gasteiger partial charge is 0.507 e. The number of benzene rings is 1. The second-order valence-electron chi connectivity index (χ2n) is 3.19. The van der Waals surface area contributed by atoms with E-state index in [0.717, 1.165) is 0 Å². The van der Waals surface area contributed by atoms with Gasteiger partial charge in [0.15, 0.2) is 5.78 Å². The molecule has 0 unspecified atom stereocenters. The number of para-hydroxylation sites is 1. The van der Waals surface area contributed by atoms with E-state index in [2.05, 4.69) is 0 Å². The Morgan fingerprint density at radius 2 is 2.07 bits per heavy atom. The van der Waals surface area contributed by atoms with E-state index in [1.165, 1.54) is 6.08 Å². The summed E-state index contributed by atoms with van der Waals surface area (Å²) in [4.78, 5) is 11.2. The van der Waals surface area contributed by atoms with Gasteiger partial charge in [-0.3, -0.25) is 4.79 Å². The van der Waals surface area contributed by atoms with Crippen molar-refractivity contribution in [3.8, 4) is 5.75 Å². The van der Waals surface area contributed by atoms with Crippen molar-refractivity contribution in [2.45, 2.75) is 12.8 Å². The highest BCUT2D eigenvalue weighted by atomic mass is 16.3. The molecule has 1 aromatic carbocycles. The van der Waals surface area contributed by atoms with Crippen molar-refractivity contribution in [2.75, 3.05) is 6.61 Å². The number of phenols is 1. The molecule has 1 aromatic rings. The molecule has 15 heavy (non-hydrogen) atoms. The van der Waals surface area contributed by atoms with Crippen molar-refractivity contribution in [2.24, 2.45) is 0 Å². The number of carbonyl (C=O) groups excluding carboxylic acids is 1. The van der Waals surface area contributed by atoms with Gasteiger partial charge < -0.3 is 10.2 Å². The van der Waals surface area contributed by atoms with Crippen molar-refractivity contribution < 1.29 is 15.0 Å². The summed E-state index contributed by atoms with van der Waals surface area (Å²) in [5.41, 5.74) is 0.620. The molecule has 0 aliphatic rings. The first kappa shape index (κ1) is 11.5. The number of aliphatic hydroxyl groups excluding tert-OH is 1. The third-order valence-corrected chi connectivity index (χ3v) is 1.97. The molecule has 0 bridgehead atoms. The van der Waals surface area contributed by atoms with Crippen LogP contribution in [0.4, 0.5) is 0 Å². The van der Waals surface area contributed by atoms with Gasteiger partial charge in [-0.05, 0) is 24.6 Å². The average Bonchev–Trinajstić information content (AvgIpc) is 2.25. The zero-order valence-electron chi connectivity index (χ0n) is 8.39. The van der Waals surface area contributed by atoms with E-state index >= 15 is 0 Å². The summed E-state index contributed by atoms with van der Waals surface area (Å²) in [6.07, 6.45) is 3.81. The molecule has 0 aliphatic heterocycles. The number of carbonyl (C=O) groups is 1. The number of phenolic OH excluding ortho intramolecular Hbond substituents is 1. The maximum atomic E-state index is 11.2. The maximum Gasteiger partial charge on any atom is 0.155 e. The molecule has 0 heterocycles. The number of ketones is 1. The van der Waals surface area contributed by atoms with Crippen LogP contribution in [0.1, 0.15) is 18.4 Å². The van der Waals surface area contributed by atoms with Gasteiger partial charge >= 0.3 is 0 Å². The van der Waals surface area contributed by atoms with Gasteiger partial charge in [-0.15, -0.1) is 0 Å². The molecular weight excluding hydrogens is 192 g/mol. The van der Waals surface area contributed by atoms with Gasteiger partial charge in [0.1, 0.15) is 5.75 Å². The van der Waals surface area contributed by atoms with E-state index in [9.17, 15) is 9.90 Å². The van der Waals surface area contributed by atoms with Crippen LogP contribution in [0.5, 0.6) is 5.75 Å². The predicted molar refractivity (Wildman–Crippen MR) is 58.5 cm³/mol. The maximum absolute atomic E-state index is 11.2. The highest BCUT2D eigenvalue weighted by Crippen LogP contribution is 2.16. The van der Waals surface area contributed by atoms with Crippen molar-refractivity contribution in [3.63, 3.8) is 0 Å². The number of allylic oxidation sites excluding steroid dienone is 1. The van der Waals surface area contributed by atoms with Crippen LogP contribution >= 0.6 is 0 Å². The molecule has 0 amide bonds. The molecule has 0 fully saturated rings. The molecule has 0 spiro atoms. The van der Waals surface area contributed by atoms with Crippen LogP contribution < -0.4 is 0 Å². The third kappa shape index (κ3) is 3.95. The Morgan fingerprint density at radius 3 is 2.73 bits per heavy atom. The summed E-state index contributed by atoms with van der Waals surface area (Å²) in [7, 11) is 0. The monoisotopic (exact) mass is 206 g/mol. The normalized spacial score (nSPS) is 10.7. The lowest BCUT2D eigenvalue weighted by Crippen LogP contribution is -1.94. The second-order valence-corrected chi connectivity index (χ2v) is 3.19. The third-order valence-electron chi connectivity index (χ3n) is 1.97. The smallest absolute Gasteiger partial charge is 0.155 e. The first-order valence-corrected chi connectivity index (χ1v) is 4.84. The summed E-state index contributed by atoms with van der Waals surface area (Å²) in [6, 6.07) is 6.81. The van der Waals surface area contributed by atoms with Crippen molar-refractivity contribution in [1.29, 1.82) is 0 Å².